The Morgan fingerprint density at radius 2 is 1.87 bits per heavy atom. The first kappa shape index (κ1) is 12.2. The summed E-state index contributed by atoms with van der Waals surface area (Å²) < 4.78 is 17.0. The first-order valence-electron chi connectivity index (χ1n) is 4.75. The highest BCUT2D eigenvalue weighted by molar-refractivity contribution is 7.36. The molecule has 1 atom stereocenters. The van der Waals surface area contributed by atoms with Gasteiger partial charge in [-0.3, -0.25) is 9.40 Å². The normalized spacial score (nSPS) is 13.1. The maximum Gasteiger partial charge on any atom is 0.330 e. The number of para-hydroxylation sites is 1. The van der Waals surface area contributed by atoms with Crippen molar-refractivity contribution in [1.29, 1.82) is 0 Å². The van der Waals surface area contributed by atoms with Crippen molar-refractivity contribution in [3.8, 4) is 5.75 Å². The average molecular weight is 229 g/mol. The van der Waals surface area contributed by atoms with Crippen molar-refractivity contribution in [2.45, 2.75) is 19.9 Å². The van der Waals surface area contributed by atoms with E-state index in [4.69, 9.17) is 9.36 Å². The van der Waals surface area contributed by atoms with Crippen LogP contribution >= 0.6 is 8.18 Å². The number of hydrogen-bond donors (Lipinski definition) is 0. The third kappa shape index (κ3) is 3.67. The van der Waals surface area contributed by atoms with Crippen LogP contribution < -0.4 is 4.52 Å². The zero-order chi connectivity index (χ0) is 11.3. The van der Waals surface area contributed by atoms with E-state index in [1.165, 1.54) is 11.9 Å². The van der Waals surface area contributed by atoms with Crippen molar-refractivity contribution >= 4 is 8.18 Å². The summed E-state index contributed by atoms with van der Waals surface area (Å²) in [7, 11) is -0.887. The first-order valence-corrected chi connectivity index (χ1v) is 6.01. The number of rotatable bonds is 5. The molecular formula is C10H16NO3P. The van der Waals surface area contributed by atoms with Crippen molar-refractivity contribution in [2.75, 3.05) is 7.11 Å². The predicted octanol–water partition coefficient (Wildman–Crippen LogP) is 2.73. The van der Waals surface area contributed by atoms with Crippen LogP contribution in [0.4, 0.5) is 0 Å². The maximum absolute atomic E-state index is 11.7. The van der Waals surface area contributed by atoms with Gasteiger partial charge in [-0.25, -0.2) is 0 Å². The predicted molar refractivity (Wildman–Crippen MR) is 60.1 cm³/mol. The van der Waals surface area contributed by atoms with Crippen LogP contribution in [0, 0.1) is 0 Å². The molecule has 0 saturated carbocycles. The monoisotopic (exact) mass is 229 g/mol. The van der Waals surface area contributed by atoms with E-state index in [-0.39, 0.29) is 6.04 Å². The Morgan fingerprint density at radius 1 is 1.27 bits per heavy atom. The van der Waals surface area contributed by atoms with E-state index in [1.807, 2.05) is 32.0 Å². The molecule has 1 rings (SSSR count). The molecule has 0 fully saturated rings. The van der Waals surface area contributed by atoms with Crippen molar-refractivity contribution in [2.24, 2.45) is 0 Å². The van der Waals surface area contributed by atoms with Crippen LogP contribution in [-0.2, 0) is 9.40 Å². The molecule has 1 aromatic rings. The van der Waals surface area contributed by atoms with Gasteiger partial charge < -0.3 is 4.52 Å². The largest absolute Gasteiger partial charge is 0.433 e. The fraction of sp³-hybridized carbons (Fsp3) is 0.400. The van der Waals surface area contributed by atoms with E-state index in [9.17, 15) is 4.57 Å². The van der Waals surface area contributed by atoms with Crippen molar-refractivity contribution in [1.82, 2.24) is 4.83 Å². The Balaban J connectivity index is 2.62. The van der Waals surface area contributed by atoms with Crippen LogP contribution in [0.5, 0.6) is 5.75 Å². The highest BCUT2D eigenvalue weighted by Crippen LogP contribution is 2.32. The minimum atomic E-state index is -2.37. The molecule has 0 bridgehead atoms. The van der Waals surface area contributed by atoms with Crippen molar-refractivity contribution in [3.05, 3.63) is 30.3 Å². The summed E-state index contributed by atoms with van der Waals surface area (Å²) in [5, 5.41) is 0. The summed E-state index contributed by atoms with van der Waals surface area (Å²) >= 11 is 0. The molecule has 0 spiro atoms. The molecule has 0 aliphatic heterocycles. The first-order chi connectivity index (χ1) is 7.15. The second kappa shape index (κ2) is 5.91. The lowest BCUT2D eigenvalue weighted by molar-refractivity contribution is -0.0765. The molecule has 0 radical (unpaired) electrons. The van der Waals surface area contributed by atoms with Crippen LogP contribution in [0.3, 0.4) is 0 Å². The lowest BCUT2D eigenvalue weighted by Crippen LogP contribution is -2.23. The van der Waals surface area contributed by atoms with Gasteiger partial charge in [0.1, 0.15) is 5.75 Å². The molecule has 4 nitrogen and oxygen atoms in total. The van der Waals surface area contributed by atoms with E-state index >= 15 is 0 Å². The number of hydrogen-bond acceptors (Lipinski definition) is 3. The second-order valence-electron chi connectivity index (χ2n) is 3.28. The quantitative estimate of drug-likeness (QED) is 0.574. The highest BCUT2D eigenvalue weighted by Gasteiger charge is 2.17. The lowest BCUT2D eigenvalue weighted by atomic mass is 10.3. The summed E-state index contributed by atoms with van der Waals surface area (Å²) in [4.78, 5) is 6.35. The van der Waals surface area contributed by atoms with Gasteiger partial charge in [-0.15, -0.1) is 4.83 Å². The van der Waals surface area contributed by atoms with Gasteiger partial charge >= 0.3 is 8.18 Å². The van der Waals surface area contributed by atoms with Gasteiger partial charge in [0.15, 0.2) is 0 Å². The fourth-order valence-electron chi connectivity index (χ4n) is 1.13. The zero-order valence-electron chi connectivity index (χ0n) is 9.14. The minimum absolute atomic E-state index is 0.0186. The smallest absolute Gasteiger partial charge is 0.330 e. The third-order valence-corrected chi connectivity index (χ3v) is 3.26. The molecule has 0 aliphatic rings. The van der Waals surface area contributed by atoms with Crippen molar-refractivity contribution in [3.63, 3.8) is 0 Å². The van der Waals surface area contributed by atoms with E-state index in [2.05, 4.69) is 0 Å². The van der Waals surface area contributed by atoms with Crippen LogP contribution in [-0.4, -0.2) is 18.0 Å². The standard InChI is InChI=1S/C10H16NO3P/c1-9(2)11(13-3)15(12)14-10-7-5-4-6-8-10/h4-9,15H,1-3H3. The molecule has 0 N–H and O–H groups in total. The second-order valence-corrected chi connectivity index (χ2v) is 4.46. The molecule has 0 saturated heterocycles. The molecule has 0 heterocycles. The molecule has 15 heavy (non-hydrogen) atoms. The van der Waals surface area contributed by atoms with Crippen LogP contribution in [0.25, 0.3) is 0 Å². The van der Waals surface area contributed by atoms with Crippen molar-refractivity contribution < 1.29 is 13.9 Å². The number of nitrogens with zero attached hydrogens (tertiary/aromatic N) is 1. The van der Waals surface area contributed by atoms with E-state index in [1.54, 1.807) is 12.1 Å². The van der Waals surface area contributed by atoms with Crippen LogP contribution in [0.15, 0.2) is 30.3 Å². The average Bonchev–Trinajstić information content (AvgIpc) is 2.19. The Hall–Kier alpha value is -0.830. The van der Waals surface area contributed by atoms with Crippen LogP contribution in [0.2, 0.25) is 0 Å². The van der Waals surface area contributed by atoms with E-state index in [0.717, 1.165) is 0 Å². The highest BCUT2D eigenvalue weighted by atomic mass is 31.1. The molecule has 1 aromatic carbocycles. The molecule has 0 aliphatic carbocycles. The minimum Gasteiger partial charge on any atom is -0.433 e. The topological polar surface area (TPSA) is 38.8 Å². The number of benzene rings is 1. The Kier molecular flexibility index (Phi) is 4.82. The van der Waals surface area contributed by atoms with Gasteiger partial charge in [0.25, 0.3) is 0 Å². The Bertz CT molecular complexity index is 316. The molecule has 1 unspecified atom stereocenters. The molecular weight excluding hydrogens is 213 g/mol. The molecule has 5 heteroatoms. The van der Waals surface area contributed by atoms with Crippen LogP contribution in [0.1, 0.15) is 13.8 Å². The summed E-state index contributed by atoms with van der Waals surface area (Å²) in [5.41, 5.74) is 0. The SMILES string of the molecule is CON(C(C)C)[PH](=O)Oc1ccccc1. The summed E-state index contributed by atoms with van der Waals surface area (Å²) in [6, 6.07) is 9.08. The maximum atomic E-state index is 11.7. The van der Waals surface area contributed by atoms with Gasteiger partial charge in [0.2, 0.25) is 0 Å². The zero-order valence-corrected chi connectivity index (χ0v) is 10.1. The summed E-state index contributed by atoms with van der Waals surface area (Å²) in [6.07, 6.45) is 0. The summed E-state index contributed by atoms with van der Waals surface area (Å²) in [5.74, 6) is 0.587. The third-order valence-electron chi connectivity index (χ3n) is 1.79. The Morgan fingerprint density at radius 3 is 2.33 bits per heavy atom. The van der Waals surface area contributed by atoms with E-state index < -0.39 is 8.18 Å². The lowest BCUT2D eigenvalue weighted by Gasteiger charge is -2.22. The molecule has 0 amide bonds. The van der Waals surface area contributed by atoms with Gasteiger partial charge in [-0.05, 0) is 26.0 Å². The van der Waals surface area contributed by atoms with Gasteiger partial charge in [0.05, 0.1) is 7.11 Å². The van der Waals surface area contributed by atoms with E-state index in [0.29, 0.717) is 5.75 Å². The van der Waals surface area contributed by atoms with Gasteiger partial charge in [-0.2, -0.15) is 0 Å². The molecule has 84 valence electrons. The molecule has 0 aromatic heterocycles. The van der Waals surface area contributed by atoms with Gasteiger partial charge in [0, 0.05) is 6.04 Å². The summed E-state index contributed by atoms with van der Waals surface area (Å²) in [6.45, 7) is 3.78. The Labute approximate surface area is 90.7 Å². The number of hydroxylamine groups is 1. The fourth-order valence-corrected chi connectivity index (χ4v) is 2.13. The van der Waals surface area contributed by atoms with Gasteiger partial charge in [-0.1, -0.05) is 18.2 Å².